The van der Waals surface area contributed by atoms with E-state index < -0.39 is 11.7 Å². The third kappa shape index (κ3) is 7.25. The average Bonchev–Trinajstić information content (AvgIpc) is 2.61. The molecule has 0 saturated heterocycles. The van der Waals surface area contributed by atoms with Crippen molar-refractivity contribution in [1.29, 1.82) is 0 Å². The summed E-state index contributed by atoms with van der Waals surface area (Å²) >= 11 is 0. The van der Waals surface area contributed by atoms with E-state index in [1.54, 1.807) is 18.5 Å². The smallest absolute Gasteiger partial charge is 0.407 e. The molecule has 2 rings (SSSR count). The molecule has 1 heterocycles. The minimum atomic E-state index is -0.502. The number of hydrogen-bond acceptors (Lipinski definition) is 5. The number of aromatic nitrogens is 2. The van der Waals surface area contributed by atoms with Crippen molar-refractivity contribution >= 4 is 6.09 Å². The van der Waals surface area contributed by atoms with Crippen molar-refractivity contribution in [2.45, 2.75) is 40.2 Å². The minimum Gasteiger partial charge on any atom is -0.493 e. The van der Waals surface area contributed by atoms with Crippen LogP contribution < -0.4 is 10.1 Å². The van der Waals surface area contributed by atoms with Gasteiger partial charge in [0, 0.05) is 30.4 Å². The van der Waals surface area contributed by atoms with E-state index >= 15 is 0 Å². The second kappa shape index (κ2) is 9.35. The number of nitrogens with zero attached hydrogens (tertiary/aromatic N) is 2. The molecule has 146 valence electrons. The molecule has 1 amide bonds. The number of amides is 1. The molecule has 0 radical (unpaired) electrons. The molecular weight excluding hydrogens is 342 g/mol. The molecule has 1 unspecified atom stereocenters. The lowest BCUT2D eigenvalue weighted by atomic mass is 9.97. The van der Waals surface area contributed by atoms with Gasteiger partial charge in [-0.1, -0.05) is 13.8 Å². The number of alkyl carbamates (subject to hydrolysis) is 1. The fourth-order valence-electron chi connectivity index (χ4n) is 2.37. The van der Waals surface area contributed by atoms with E-state index in [0.717, 1.165) is 11.3 Å². The molecule has 1 aromatic heterocycles. The van der Waals surface area contributed by atoms with Crippen LogP contribution in [-0.2, 0) is 4.74 Å². The van der Waals surface area contributed by atoms with Gasteiger partial charge < -0.3 is 14.8 Å². The predicted molar refractivity (Wildman–Crippen MR) is 106 cm³/mol. The molecule has 27 heavy (non-hydrogen) atoms. The average molecular weight is 371 g/mol. The molecule has 6 heteroatoms. The van der Waals surface area contributed by atoms with Crippen molar-refractivity contribution in [2.75, 3.05) is 13.2 Å². The van der Waals surface area contributed by atoms with Crippen LogP contribution in [0.1, 0.15) is 34.6 Å². The number of rotatable bonds is 7. The van der Waals surface area contributed by atoms with E-state index in [0.29, 0.717) is 24.9 Å². The van der Waals surface area contributed by atoms with Gasteiger partial charge in [-0.25, -0.2) is 14.8 Å². The maximum atomic E-state index is 11.8. The molecule has 0 bridgehead atoms. The Balaban J connectivity index is 1.87. The van der Waals surface area contributed by atoms with Crippen molar-refractivity contribution < 1.29 is 14.3 Å². The molecule has 2 aromatic rings. The van der Waals surface area contributed by atoms with Gasteiger partial charge in [-0.05, 0) is 57.0 Å². The van der Waals surface area contributed by atoms with Crippen molar-refractivity contribution in [3.63, 3.8) is 0 Å². The molecule has 1 atom stereocenters. The zero-order chi connectivity index (χ0) is 19.9. The number of ether oxygens (including phenoxy) is 2. The summed E-state index contributed by atoms with van der Waals surface area (Å²) in [4.78, 5) is 20.3. The summed E-state index contributed by atoms with van der Waals surface area (Å²) in [7, 11) is 0. The molecule has 6 nitrogen and oxygen atoms in total. The van der Waals surface area contributed by atoms with Crippen LogP contribution in [0, 0.1) is 11.8 Å². The Morgan fingerprint density at radius 2 is 1.74 bits per heavy atom. The number of nitrogens with one attached hydrogen (secondary N) is 1. The van der Waals surface area contributed by atoms with Crippen LogP contribution >= 0.6 is 0 Å². The highest BCUT2D eigenvalue weighted by Gasteiger charge is 2.19. The SMILES string of the molecule is CC(C)C(CNC(=O)OC(C)(C)C)COc1ccc(-c2ncccn2)cc1. The molecule has 0 fully saturated rings. The first-order valence-corrected chi connectivity index (χ1v) is 9.21. The van der Waals surface area contributed by atoms with E-state index in [-0.39, 0.29) is 5.92 Å². The zero-order valence-electron chi connectivity index (χ0n) is 16.7. The topological polar surface area (TPSA) is 73.3 Å². The third-order valence-electron chi connectivity index (χ3n) is 3.99. The van der Waals surface area contributed by atoms with E-state index in [1.807, 2.05) is 45.0 Å². The molecule has 0 aliphatic carbocycles. The molecule has 0 aliphatic rings. The lowest BCUT2D eigenvalue weighted by molar-refractivity contribution is 0.0507. The number of benzene rings is 1. The number of hydrogen-bond donors (Lipinski definition) is 1. The summed E-state index contributed by atoms with van der Waals surface area (Å²) in [6, 6.07) is 9.48. The van der Waals surface area contributed by atoms with Crippen molar-refractivity contribution in [3.05, 3.63) is 42.7 Å². The third-order valence-corrected chi connectivity index (χ3v) is 3.99. The van der Waals surface area contributed by atoms with Crippen LogP contribution in [0.15, 0.2) is 42.7 Å². The van der Waals surface area contributed by atoms with Crippen LogP contribution in [0.25, 0.3) is 11.4 Å². The maximum absolute atomic E-state index is 11.8. The zero-order valence-corrected chi connectivity index (χ0v) is 16.7. The first kappa shape index (κ1) is 20.7. The van der Waals surface area contributed by atoms with Gasteiger partial charge >= 0.3 is 6.09 Å². The van der Waals surface area contributed by atoms with Gasteiger partial charge in [0.25, 0.3) is 0 Å². The van der Waals surface area contributed by atoms with Crippen LogP contribution in [0.4, 0.5) is 4.79 Å². The van der Waals surface area contributed by atoms with Crippen molar-refractivity contribution in [2.24, 2.45) is 11.8 Å². The first-order valence-electron chi connectivity index (χ1n) is 9.21. The highest BCUT2D eigenvalue weighted by Crippen LogP contribution is 2.20. The Kier molecular flexibility index (Phi) is 7.16. The fraction of sp³-hybridized carbons (Fsp3) is 0.476. The van der Waals surface area contributed by atoms with Crippen LogP contribution in [0.2, 0.25) is 0 Å². The Labute approximate surface area is 161 Å². The standard InChI is InChI=1S/C21H29N3O3/c1-15(2)17(13-24-20(25)27-21(3,4)5)14-26-18-9-7-16(8-10-18)19-22-11-6-12-23-19/h6-12,15,17H,13-14H2,1-5H3,(H,24,25). The Morgan fingerprint density at radius 3 is 2.30 bits per heavy atom. The van der Waals surface area contributed by atoms with Gasteiger partial charge in [0.2, 0.25) is 0 Å². The Morgan fingerprint density at radius 1 is 1.11 bits per heavy atom. The Bertz CT molecular complexity index is 710. The van der Waals surface area contributed by atoms with Gasteiger partial charge in [0.15, 0.2) is 5.82 Å². The second-order valence-corrected chi connectivity index (χ2v) is 7.79. The van der Waals surface area contributed by atoms with Crippen LogP contribution in [0.5, 0.6) is 5.75 Å². The van der Waals surface area contributed by atoms with Gasteiger partial charge in [-0.15, -0.1) is 0 Å². The summed E-state index contributed by atoms with van der Waals surface area (Å²) in [5, 5.41) is 2.83. The lowest BCUT2D eigenvalue weighted by Crippen LogP contribution is -2.38. The summed E-state index contributed by atoms with van der Waals surface area (Å²) in [6.07, 6.45) is 3.04. The fourth-order valence-corrected chi connectivity index (χ4v) is 2.37. The van der Waals surface area contributed by atoms with Crippen LogP contribution in [-0.4, -0.2) is 34.8 Å². The normalized spacial score (nSPS) is 12.5. The molecular formula is C21H29N3O3. The molecule has 0 spiro atoms. The molecule has 1 N–H and O–H groups in total. The highest BCUT2D eigenvalue weighted by atomic mass is 16.6. The van der Waals surface area contributed by atoms with E-state index in [9.17, 15) is 4.79 Å². The van der Waals surface area contributed by atoms with E-state index in [1.165, 1.54) is 0 Å². The monoisotopic (exact) mass is 371 g/mol. The predicted octanol–water partition coefficient (Wildman–Crippen LogP) is 4.32. The Hall–Kier alpha value is -2.63. The second-order valence-electron chi connectivity index (χ2n) is 7.79. The van der Waals surface area contributed by atoms with E-state index in [4.69, 9.17) is 9.47 Å². The van der Waals surface area contributed by atoms with Gasteiger partial charge in [-0.3, -0.25) is 0 Å². The number of carbonyl (C=O) groups is 1. The largest absolute Gasteiger partial charge is 0.493 e. The van der Waals surface area contributed by atoms with Gasteiger partial charge in [0.1, 0.15) is 11.4 Å². The maximum Gasteiger partial charge on any atom is 0.407 e. The highest BCUT2D eigenvalue weighted by molar-refractivity contribution is 5.67. The van der Waals surface area contributed by atoms with Gasteiger partial charge in [0.05, 0.1) is 6.61 Å². The van der Waals surface area contributed by atoms with Crippen LogP contribution in [0.3, 0.4) is 0 Å². The first-order chi connectivity index (χ1) is 12.7. The van der Waals surface area contributed by atoms with Gasteiger partial charge in [-0.2, -0.15) is 0 Å². The summed E-state index contributed by atoms with van der Waals surface area (Å²) < 4.78 is 11.2. The van der Waals surface area contributed by atoms with Crippen molar-refractivity contribution in [1.82, 2.24) is 15.3 Å². The number of carbonyl (C=O) groups excluding carboxylic acids is 1. The molecule has 0 aliphatic heterocycles. The molecule has 1 aromatic carbocycles. The lowest BCUT2D eigenvalue weighted by Gasteiger charge is -2.24. The quantitative estimate of drug-likeness (QED) is 0.785. The summed E-state index contributed by atoms with van der Waals surface area (Å²) in [6.45, 7) is 10.8. The van der Waals surface area contributed by atoms with Crippen molar-refractivity contribution in [3.8, 4) is 17.1 Å². The molecule has 0 saturated carbocycles. The summed E-state index contributed by atoms with van der Waals surface area (Å²) in [5.41, 5.74) is 0.438. The van der Waals surface area contributed by atoms with E-state index in [2.05, 4.69) is 29.1 Å². The summed E-state index contributed by atoms with van der Waals surface area (Å²) in [5.74, 6) is 2.00. The minimum absolute atomic E-state index is 0.176.